The van der Waals surface area contributed by atoms with Gasteiger partial charge in [-0.1, -0.05) is 36.4 Å². The van der Waals surface area contributed by atoms with Gasteiger partial charge in [0.25, 0.3) is 0 Å². The molecule has 2 nitrogen and oxygen atoms in total. The van der Waals surface area contributed by atoms with Crippen LogP contribution < -0.4 is 10.1 Å². The van der Waals surface area contributed by atoms with E-state index in [0.717, 1.165) is 18.7 Å². The van der Waals surface area contributed by atoms with E-state index < -0.39 is 0 Å². The van der Waals surface area contributed by atoms with Gasteiger partial charge in [-0.25, -0.2) is 0 Å². The summed E-state index contributed by atoms with van der Waals surface area (Å²) in [5, 5.41) is 3.36. The van der Waals surface area contributed by atoms with Crippen LogP contribution in [-0.4, -0.2) is 6.54 Å². The molecule has 1 aliphatic heterocycles. The van der Waals surface area contributed by atoms with Crippen molar-refractivity contribution >= 4 is 5.69 Å². The number of hydrogen-bond donors (Lipinski definition) is 1. The molecule has 0 radical (unpaired) electrons. The number of ether oxygens (including phenoxy) is 1. The van der Waals surface area contributed by atoms with Gasteiger partial charge in [-0.15, -0.1) is 0 Å². The second-order valence-corrected chi connectivity index (χ2v) is 4.23. The van der Waals surface area contributed by atoms with Crippen molar-refractivity contribution in [2.45, 2.75) is 13.0 Å². The summed E-state index contributed by atoms with van der Waals surface area (Å²) in [6, 6.07) is 16.5. The molecular formula is C15H15NO. The third-order valence-electron chi connectivity index (χ3n) is 3.06. The van der Waals surface area contributed by atoms with Crippen LogP contribution in [0, 0.1) is 0 Å². The Morgan fingerprint density at radius 1 is 1.00 bits per heavy atom. The molecule has 3 rings (SSSR count). The summed E-state index contributed by atoms with van der Waals surface area (Å²) >= 11 is 0. The molecule has 17 heavy (non-hydrogen) atoms. The number of fused-ring (bicyclic) bond motifs is 1. The summed E-state index contributed by atoms with van der Waals surface area (Å²) in [4.78, 5) is 0. The van der Waals surface area contributed by atoms with Crippen LogP contribution in [0.1, 0.15) is 11.1 Å². The van der Waals surface area contributed by atoms with Crippen molar-refractivity contribution in [2.24, 2.45) is 0 Å². The minimum Gasteiger partial charge on any atom is -0.489 e. The van der Waals surface area contributed by atoms with Crippen LogP contribution in [0.15, 0.2) is 48.5 Å². The van der Waals surface area contributed by atoms with E-state index in [1.165, 1.54) is 16.8 Å². The highest BCUT2D eigenvalue weighted by molar-refractivity contribution is 5.61. The number of nitrogens with one attached hydrogen (secondary N) is 1. The number of hydrogen-bond acceptors (Lipinski definition) is 2. The van der Waals surface area contributed by atoms with Gasteiger partial charge in [0.2, 0.25) is 0 Å². The number of anilines is 1. The van der Waals surface area contributed by atoms with Crippen LogP contribution in [0.2, 0.25) is 0 Å². The fourth-order valence-corrected chi connectivity index (χ4v) is 2.18. The summed E-state index contributed by atoms with van der Waals surface area (Å²) in [6.07, 6.45) is 1.06. The smallest absolute Gasteiger partial charge is 0.125 e. The quantitative estimate of drug-likeness (QED) is 0.865. The van der Waals surface area contributed by atoms with E-state index in [9.17, 15) is 0 Å². The van der Waals surface area contributed by atoms with Gasteiger partial charge >= 0.3 is 0 Å². The second-order valence-electron chi connectivity index (χ2n) is 4.23. The molecule has 2 heteroatoms. The minimum atomic E-state index is 0.636. The molecule has 2 aromatic carbocycles. The largest absolute Gasteiger partial charge is 0.489 e. The maximum absolute atomic E-state index is 5.89. The summed E-state index contributed by atoms with van der Waals surface area (Å²) < 4.78 is 5.89. The molecule has 0 unspecified atom stereocenters. The molecule has 2 aromatic rings. The van der Waals surface area contributed by atoms with E-state index in [-0.39, 0.29) is 0 Å². The molecule has 1 heterocycles. The van der Waals surface area contributed by atoms with Crippen LogP contribution in [-0.2, 0) is 13.0 Å². The summed E-state index contributed by atoms with van der Waals surface area (Å²) in [5.41, 5.74) is 3.73. The van der Waals surface area contributed by atoms with Crippen LogP contribution >= 0.6 is 0 Å². The van der Waals surface area contributed by atoms with E-state index in [1.54, 1.807) is 0 Å². The van der Waals surface area contributed by atoms with Gasteiger partial charge in [-0.3, -0.25) is 0 Å². The van der Waals surface area contributed by atoms with Crippen LogP contribution in [0.4, 0.5) is 5.69 Å². The zero-order chi connectivity index (χ0) is 11.5. The predicted octanol–water partition coefficient (Wildman–Crippen LogP) is 3.23. The monoisotopic (exact) mass is 225 g/mol. The van der Waals surface area contributed by atoms with Gasteiger partial charge in [-0.2, -0.15) is 0 Å². The van der Waals surface area contributed by atoms with Crippen molar-refractivity contribution in [1.82, 2.24) is 0 Å². The minimum absolute atomic E-state index is 0.636. The first kappa shape index (κ1) is 10.2. The van der Waals surface area contributed by atoms with E-state index in [1.807, 2.05) is 24.3 Å². The predicted molar refractivity (Wildman–Crippen MR) is 69.4 cm³/mol. The van der Waals surface area contributed by atoms with Crippen molar-refractivity contribution in [3.63, 3.8) is 0 Å². The summed E-state index contributed by atoms with van der Waals surface area (Å²) in [7, 11) is 0. The highest BCUT2D eigenvalue weighted by Crippen LogP contribution is 2.31. The highest BCUT2D eigenvalue weighted by atomic mass is 16.5. The summed E-state index contributed by atoms with van der Waals surface area (Å²) in [6.45, 7) is 1.65. The lowest BCUT2D eigenvalue weighted by molar-refractivity contribution is 0.304. The molecular weight excluding hydrogens is 210 g/mol. The Kier molecular flexibility index (Phi) is 2.70. The van der Waals surface area contributed by atoms with Crippen LogP contribution in [0.3, 0.4) is 0 Å². The van der Waals surface area contributed by atoms with E-state index in [4.69, 9.17) is 4.74 Å². The zero-order valence-electron chi connectivity index (χ0n) is 9.65. The lowest BCUT2D eigenvalue weighted by Gasteiger charge is -2.10. The molecule has 86 valence electrons. The van der Waals surface area contributed by atoms with Crippen molar-refractivity contribution in [1.29, 1.82) is 0 Å². The van der Waals surface area contributed by atoms with Crippen LogP contribution in [0.5, 0.6) is 5.75 Å². The lowest BCUT2D eigenvalue weighted by atomic mass is 10.1. The topological polar surface area (TPSA) is 21.3 Å². The Morgan fingerprint density at radius 2 is 1.88 bits per heavy atom. The third kappa shape index (κ3) is 2.11. The highest BCUT2D eigenvalue weighted by Gasteiger charge is 2.14. The Bertz CT molecular complexity index is 508. The van der Waals surface area contributed by atoms with E-state index in [2.05, 4.69) is 29.6 Å². The van der Waals surface area contributed by atoms with Gasteiger partial charge in [0, 0.05) is 17.8 Å². The maximum atomic E-state index is 5.89. The molecule has 1 aliphatic rings. The van der Waals surface area contributed by atoms with Crippen molar-refractivity contribution in [2.75, 3.05) is 11.9 Å². The first-order chi connectivity index (χ1) is 8.43. The molecule has 0 saturated heterocycles. The molecule has 0 bridgehead atoms. The van der Waals surface area contributed by atoms with Gasteiger partial charge < -0.3 is 10.1 Å². The molecule has 0 aliphatic carbocycles. The Hall–Kier alpha value is -1.96. The fraction of sp³-hybridized carbons (Fsp3) is 0.200. The molecule has 1 N–H and O–H groups in total. The van der Waals surface area contributed by atoms with Crippen molar-refractivity contribution < 1.29 is 4.74 Å². The molecule has 0 fully saturated rings. The van der Waals surface area contributed by atoms with Gasteiger partial charge in [0.1, 0.15) is 12.4 Å². The normalized spacial score (nSPS) is 12.9. The average Bonchev–Trinajstić information content (AvgIpc) is 2.86. The fourth-order valence-electron chi connectivity index (χ4n) is 2.18. The van der Waals surface area contributed by atoms with Gasteiger partial charge in [0.15, 0.2) is 0 Å². The van der Waals surface area contributed by atoms with Gasteiger partial charge in [0.05, 0.1) is 0 Å². The Balaban J connectivity index is 1.76. The third-order valence-corrected chi connectivity index (χ3v) is 3.06. The summed E-state index contributed by atoms with van der Waals surface area (Å²) in [5.74, 6) is 1.01. The van der Waals surface area contributed by atoms with Gasteiger partial charge in [-0.05, 0) is 24.1 Å². The average molecular weight is 225 g/mol. The standard InChI is InChI=1S/C15H15NO/c1-2-5-12(6-3-1)11-17-15-8-4-7-14-13(15)9-10-16-14/h1-8,16H,9-11H2. The number of benzene rings is 2. The van der Waals surface area contributed by atoms with Crippen LogP contribution in [0.25, 0.3) is 0 Å². The molecule has 0 spiro atoms. The molecule has 0 aromatic heterocycles. The van der Waals surface area contributed by atoms with Crippen molar-refractivity contribution in [3.8, 4) is 5.75 Å². The maximum Gasteiger partial charge on any atom is 0.125 e. The Morgan fingerprint density at radius 3 is 2.76 bits per heavy atom. The van der Waals surface area contributed by atoms with E-state index >= 15 is 0 Å². The molecule has 0 saturated carbocycles. The zero-order valence-corrected chi connectivity index (χ0v) is 9.65. The lowest BCUT2D eigenvalue weighted by Crippen LogP contribution is -1.97. The Labute approximate surface area is 101 Å². The molecule has 0 amide bonds. The number of rotatable bonds is 3. The molecule has 0 atom stereocenters. The van der Waals surface area contributed by atoms with Crippen molar-refractivity contribution in [3.05, 3.63) is 59.7 Å². The van der Waals surface area contributed by atoms with E-state index in [0.29, 0.717) is 6.61 Å². The first-order valence-corrected chi connectivity index (χ1v) is 5.96. The SMILES string of the molecule is c1ccc(COc2cccc3c2CCN3)cc1. The second kappa shape index (κ2) is 4.50. The first-order valence-electron chi connectivity index (χ1n) is 5.96.